The molecule has 2 rings (SSSR count). The van der Waals surface area contributed by atoms with Crippen molar-refractivity contribution in [2.75, 3.05) is 5.32 Å². The van der Waals surface area contributed by atoms with Gasteiger partial charge in [-0.3, -0.25) is 4.79 Å². The number of amides is 1. The van der Waals surface area contributed by atoms with Gasteiger partial charge in [-0.1, -0.05) is 0 Å². The maximum atomic E-state index is 13.6. The number of nitrogens with one attached hydrogen (secondary N) is 1. The van der Waals surface area contributed by atoms with Crippen LogP contribution in [0, 0.1) is 31.0 Å². The van der Waals surface area contributed by atoms with Crippen molar-refractivity contribution in [2.24, 2.45) is 0 Å². The van der Waals surface area contributed by atoms with Gasteiger partial charge in [0.25, 0.3) is 5.91 Å². The monoisotopic (exact) mass is 338 g/mol. The van der Waals surface area contributed by atoms with Crippen molar-refractivity contribution in [1.29, 1.82) is 5.26 Å². The lowest BCUT2D eigenvalue weighted by Crippen LogP contribution is -2.12. The van der Waals surface area contributed by atoms with Crippen molar-refractivity contribution in [1.82, 2.24) is 0 Å². The summed E-state index contributed by atoms with van der Waals surface area (Å²) in [4.78, 5) is 12.8. The fraction of sp³-hybridized carbons (Fsp3) is 0.143. The number of carbonyl (C=O) groups is 1. The van der Waals surface area contributed by atoms with Crippen molar-refractivity contribution in [2.45, 2.75) is 18.1 Å². The number of hydrogen-bond donors (Lipinski definition) is 2. The smallest absolute Gasteiger partial charge is 0.256 e. The summed E-state index contributed by atoms with van der Waals surface area (Å²) in [6.07, 6.45) is 0. The molecule has 1 aromatic heterocycles. The van der Waals surface area contributed by atoms with Gasteiger partial charge < -0.3 is 9.87 Å². The number of nitriles is 1. The van der Waals surface area contributed by atoms with Gasteiger partial charge in [0.05, 0.1) is 11.1 Å². The van der Waals surface area contributed by atoms with Crippen LogP contribution in [0.5, 0.6) is 0 Å². The average Bonchev–Trinajstić information content (AvgIpc) is 2.85. The molecule has 0 saturated carbocycles. The lowest BCUT2D eigenvalue weighted by molar-refractivity contribution is 0.102. The number of carbonyl (C=O) groups excluding carboxylic acids is 1. The van der Waals surface area contributed by atoms with E-state index in [1.165, 1.54) is 25.1 Å². The zero-order valence-electron chi connectivity index (χ0n) is 11.6. The Kier molecular flexibility index (Phi) is 4.71. The van der Waals surface area contributed by atoms with E-state index < -0.39 is 22.8 Å². The highest BCUT2D eigenvalue weighted by molar-refractivity contribution is 7.81. The predicted octanol–water partition coefficient (Wildman–Crippen LogP) is 3.21. The van der Waals surface area contributed by atoms with Crippen molar-refractivity contribution in [3.8, 4) is 6.07 Å². The molecule has 5 nitrogen and oxygen atoms in total. The Morgan fingerprint density at radius 3 is 2.64 bits per heavy atom. The van der Waals surface area contributed by atoms with Crippen LogP contribution < -0.4 is 5.32 Å². The van der Waals surface area contributed by atoms with E-state index in [-0.39, 0.29) is 26.6 Å². The van der Waals surface area contributed by atoms with E-state index in [0.717, 1.165) is 11.3 Å². The molecule has 22 heavy (non-hydrogen) atoms. The van der Waals surface area contributed by atoms with E-state index in [1.807, 2.05) is 0 Å². The Balaban J connectivity index is 2.32. The summed E-state index contributed by atoms with van der Waals surface area (Å²) in [5, 5.41) is 11.4. The third-order valence-electron chi connectivity index (χ3n) is 2.94. The first-order valence-corrected chi connectivity index (χ1v) is 7.98. The molecule has 0 aliphatic heterocycles. The first kappa shape index (κ1) is 16.3. The molecule has 0 spiro atoms. The first-order chi connectivity index (χ1) is 10.3. The summed E-state index contributed by atoms with van der Waals surface area (Å²) < 4.78 is 33.8. The molecule has 1 unspecified atom stereocenters. The summed E-state index contributed by atoms with van der Waals surface area (Å²) in [6, 6.07) is 5.72. The SMILES string of the molecule is Cc1cc(NC(=O)c2cc(S(=O)O)sc2C)cc(C#N)c1F. The number of nitrogens with zero attached hydrogens (tertiary/aromatic N) is 1. The third kappa shape index (κ3) is 3.22. The van der Waals surface area contributed by atoms with E-state index in [0.29, 0.717) is 4.88 Å². The Bertz CT molecular complexity index is 824. The van der Waals surface area contributed by atoms with Crippen molar-refractivity contribution < 1.29 is 17.9 Å². The minimum absolute atomic E-state index is 0.158. The molecule has 0 fully saturated rings. The number of rotatable bonds is 3. The summed E-state index contributed by atoms with van der Waals surface area (Å²) in [5.74, 6) is -1.11. The van der Waals surface area contributed by atoms with Gasteiger partial charge in [0, 0.05) is 10.6 Å². The lowest BCUT2D eigenvalue weighted by atomic mass is 10.1. The molecule has 1 aromatic carbocycles. The fourth-order valence-corrected chi connectivity index (χ4v) is 3.51. The molecule has 0 aliphatic carbocycles. The van der Waals surface area contributed by atoms with E-state index in [9.17, 15) is 13.4 Å². The molecular weight excluding hydrogens is 327 g/mol. The quantitative estimate of drug-likeness (QED) is 0.841. The Hall–Kier alpha value is -2.08. The standard InChI is InChI=1S/C14H11FN2O3S2/c1-7-3-10(4-9(6-16)13(7)15)17-14(18)11-5-12(22(19)20)21-8(11)2/h3-5H,1-2H3,(H,17,18)(H,19,20). The Morgan fingerprint density at radius 1 is 1.41 bits per heavy atom. The second kappa shape index (κ2) is 6.36. The van der Waals surface area contributed by atoms with Crippen LogP contribution in [-0.2, 0) is 11.1 Å². The van der Waals surface area contributed by atoms with Gasteiger partial charge >= 0.3 is 0 Å². The Morgan fingerprint density at radius 2 is 2.09 bits per heavy atom. The van der Waals surface area contributed by atoms with Crippen LogP contribution in [0.25, 0.3) is 0 Å². The molecule has 114 valence electrons. The highest BCUT2D eigenvalue weighted by Gasteiger charge is 2.17. The van der Waals surface area contributed by atoms with Crippen LogP contribution in [-0.4, -0.2) is 14.7 Å². The zero-order valence-corrected chi connectivity index (χ0v) is 13.3. The summed E-state index contributed by atoms with van der Waals surface area (Å²) in [7, 11) is 0. The van der Waals surface area contributed by atoms with Crippen molar-refractivity contribution in [3.63, 3.8) is 0 Å². The minimum Gasteiger partial charge on any atom is -0.322 e. The number of hydrogen-bond acceptors (Lipinski definition) is 4. The molecule has 0 bridgehead atoms. The lowest BCUT2D eigenvalue weighted by Gasteiger charge is -2.07. The van der Waals surface area contributed by atoms with Crippen LogP contribution in [0.3, 0.4) is 0 Å². The van der Waals surface area contributed by atoms with Gasteiger partial charge in [-0.15, -0.1) is 11.3 Å². The molecule has 1 atom stereocenters. The van der Waals surface area contributed by atoms with Gasteiger partial charge in [-0.2, -0.15) is 5.26 Å². The minimum atomic E-state index is -2.15. The van der Waals surface area contributed by atoms with Gasteiger partial charge in [-0.25, -0.2) is 8.60 Å². The molecule has 0 saturated heterocycles. The third-order valence-corrected chi connectivity index (χ3v) is 4.93. The van der Waals surface area contributed by atoms with Crippen LogP contribution >= 0.6 is 11.3 Å². The highest BCUT2D eigenvalue weighted by Crippen LogP contribution is 2.25. The van der Waals surface area contributed by atoms with E-state index in [2.05, 4.69) is 5.32 Å². The highest BCUT2D eigenvalue weighted by atomic mass is 32.2. The van der Waals surface area contributed by atoms with Crippen LogP contribution in [0.2, 0.25) is 0 Å². The second-order valence-corrected chi connectivity index (χ2v) is 6.96. The molecule has 8 heteroatoms. The maximum absolute atomic E-state index is 13.6. The zero-order chi connectivity index (χ0) is 16.4. The van der Waals surface area contributed by atoms with Crippen LogP contribution in [0.1, 0.15) is 26.4 Å². The van der Waals surface area contributed by atoms with Gasteiger partial charge in [0.2, 0.25) is 0 Å². The Labute approximate surface area is 132 Å². The van der Waals surface area contributed by atoms with Crippen molar-refractivity contribution in [3.05, 3.63) is 45.6 Å². The predicted molar refractivity (Wildman–Crippen MR) is 81.9 cm³/mol. The topological polar surface area (TPSA) is 90.2 Å². The maximum Gasteiger partial charge on any atom is 0.256 e. The molecule has 0 radical (unpaired) electrons. The number of halogens is 1. The molecular formula is C14H11FN2O3S2. The number of anilines is 1. The van der Waals surface area contributed by atoms with Crippen molar-refractivity contribution >= 4 is 34.0 Å². The number of thiophene rings is 1. The first-order valence-electron chi connectivity index (χ1n) is 6.06. The van der Waals surface area contributed by atoms with Gasteiger partial charge in [0.1, 0.15) is 16.1 Å². The number of benzene rings is 1. The summed E-state index contributed by atoms with van der Waals surface area (Å²) in [6.45, 7) is 3.15. The fourth-order valence-electron chi connectivity index (χ4n) is 1.89. The molecule has 2 N–H and O–H groups in total. The van der Waals surface area contributed by atoms with Gasteiger partial charge in [-0.05, 0) is 37.6 Å². The summed E-state index contributed by atoms with van der Waals surface area (Å²) >= 11 is -1.10. The number of aryl methyl sites for hydroxylation is 2. The molecule has 0 aliphatic rings. The van der Waals surface area contributed by atoms with E-state index in [1.54, 1.807) is 13.0 Å². The summed E-state index contributed by atoms with van der Waals surface area (Å²) in [5.41, 5.74) is 0.642. The van der Waals surface area contributed by atoms with Crippen LogP contribution in [0.4, 0.5) is 10.1 Å². The normalized spacial score (nSPS) is 11.8. The molecule has 1 heterocycles. The average molecular weight is 338 g/mol. The second-order valence-electron chi connectivity index (χ2n) is 4.51. The van der Waals surface area contributed by atoms with Crippen LogP contribution in [0.15, 0.2) is 22.4 Å². The van der Waals surface area contributed by atoms with E-state index in [4.69, 9.17) is 9.81 Å². The van der Waals surface area contributed by atoms with Gasteiger partial charge in [0.15, 0.2) is 11.1 Å². The molecule has 1 amide bonds. The van der Waals surface area contributed by atoms with E-state index >= 15 is 0 Å². The largest absolute Gasteiger partial charge is 0.322 e. The molecule has 2 aromatic rings.